The van der Waals surface area contributed by atoms with Crippen LogP contribution in [0.15, 0.2) is 42.5 Å². The quantitative estimate of drug-likeness (QED) is 0.730. The molecule has 7 heteroatoms. The zero-order chi connectivity index (χ0) is 18.4. The number of phenolic OH excluding ortho intramolecular Hbond substituents is 1. The van der Waals surface area contributed by atoms with Crippen LogP contribution in [0.25, 0.3) is 0 Å². The van der Waals surface area contributed by atoms with Crippen molar-refractivity contribution in [1.82, 2.24) is 0 Å². The number of fused-ring (bicyclic) bond motifs is 1. The summed E-state index contributed by atoms with van der Waals surface area (Å²) in [6.07, 6.45) is -0.483. The summed E-state index contributed by atoms with van der Waals surface area (Å²) in [6, 6.07) is 11.9. The largest absolute Gasteiger partial charge is 0.508 e. The number of carbonyl (C=O) groups is 1. The summed E-state index contributed by atoms with van der Waals surface area (Å²) in [5, 5.41) is 9.49. The molecule has 1 aliphatic heterocycles. The predicted octanol–water partition coefficient (Wildman–Crippen LogP) is 2.95. The smallest absolute Gasteiger partial charge is 0.420 e. The Balaban J connectivity index is 1.56. The summed E-state index contributed by atoms with van der Waals surface area (Å²) in [5.74, 6) is 1.15. The van der Waals surface area contributed by atoms with Gasteiger partial charge in [-0.15, -0.1) is 0 Å². The van der Waals surface area contributed by atoms with Crippen molar-refractivity contribution in [2.24, 2.45) is 0 Å². The third kappa shape index (κ3) is 4.44. The maximum absolute atomic E-state index is 12.2. The van der Waals surface area contributed by atoms with Gasteiger partial charge in [0.15, 0.2) is 0 Å². The monoisotopic (exact) mass is 359 g/mol. The van der Waals surface area contributed by atoms with Crippen molar-refractivity contribution in [2.45, 2.75) is 6.54 Å². The van der Waals surface area contributed by atoms with Crippen LogP contribution in [0.1, 0.15) is 5.56 Å². The first-order chi connectivity index (χ1) is 12.7. The van der Waals surface area contributed by atoms with Gasteiger partial charge in [0.25, 0.3) is 0 Å². The second-order valence-electron chi connectivity index (χ2n) is 5.69. The number of benzene rings is 2. The van der Waals surface area contributed by atoms with Crippen LogP contribution in [0, 0.1) is 0 Å². The minimum absolute atomic E-state index is 0.0673. The molecule has 1 heterocycles. The minimum atomic E-state index is -0.483. The van der Waals surface area contributed by atoms with Crippen molar-refractivity contribution in [3.8, 4) is 17.2 Å². The topological polar surface area (TPSA) is 77.5 Å². The number of carbonyl (C=O) groups excluding carboxylic acids is 1. The summed E-state index contributed by atoms with van der Waals surface area (Å²) in [7, 11) is 1.63. The number of methoxy groups -OCH3 is 1. The molecule has 0 aliphatic carbocycles. The Bertz CT molecular complexity index is 746. The van der Waals surface area contributed by atoms with E-state index in [1.54, 1.807) is 43.5 Å². The molecule has 2 aromatic carbocycles. The van der Waals surface area contributed by atoms with Gasteiger partial charge in [-0.25, -0.2) is 4.79 Å². The number of hydrogen-bond acceptors (Lipinski definition) is 6. The van der Waals surface area contributed by atoms with Crippen molar-refractivity contribution in [2.75, 3.05) is 38.4 Å². The normalized spacial score (nSPS) is 13.3. The molecule has 26 heavy (non-hydrogen) atoms. The van der Waals surface area contributed by atoms with Crippen LogP contribution in [0.4, 0.5) is 10.5 Å². The molecule has 0 unspecified atom stereocenters. The number of nitrogens with zero attached hydrogens (tertiary/aromatic N) is 1. The van der Waals surface area contributed by atoms with E-state index in [0.717, 1.165) is 5.56 Å². The average molecular weight is 359 g/mol. The fraction of sp³-hybridized carbons (Fsp3) is 0.316. The van der Waals surface area contributed by atoms with E-state index in [0.29, 0.717) is 50.2 Å². The van der Waals surface area contributed by atoms with Crippen LogP contribution >= 0.6 is 0 Å². The Morgan fingerprint density at radius 2 is 1.85 bits per heavy atom. The van der Waals surface area contributed by atoms with E-state index in [1.807, 2.05) is 0 Å². The molecule has 3 rings (SSSR count). The first-order valence-electron chi connectivity index (χ1n) is 8.28. The van der Waals surface area contributed by atoms with Crippen molar-refractivity contribution in [1.29, 1.82) is 0 Å². The Labute approximate surface area is 151 Å². The molecule has 7 nitrogen and oxygen atoms in total. The highest BCUT2D eigenvalue weighted by atomic mass is 16.6. The van der Waals surface area contributed by atoms with Gasteiger partial charge in [0, 0.05) is 24.4 Å². The fourth-order valence-corrected chi connectivity index (χ4v) is 2.53. The van der Waals surface area contributed by atoms with Gasteiger partial charge in [0.1, 0.15) is 23.9 Å². The van der Waals surface area contributed by atoms with Crippen LogP contribution in [-0.4, -0.2) is 44.7 Å². The number of ether oxygens (including phenoxy) is 4. The lowest BCUT2D eigenvalue weighted by Crippen LogP contribution is -2.36. The lowest BCUT2D eigenvalue weighted by Gasteiger charge is -2.28. The van der Waals surface area contributed by atoms with Crippen LogP contribution in [0.5, 0.6) is 17.2 Å². The summed E-state index contributed by atoms with van der Waals surface area (Å²) < 4.78 is 21.1. The molecule has 0 radical (unpaired) electrons. The summed E-state index contributed by atoms with van der Waals surface area (Å²) >= 11 is 0. The van der Waals surface area contributed by atoms with Crippen molar-refractivity contribution < 1.29 is 28.8 Å². The van der Waals surface area contributed by atoms with Crippen molar-refractivity contribution in [3.05, 3.63) is 48.0 Å². The second-order valence-corrected chi connectivity index (χ2v) is 5.69. The molecule has 0 bridgehead atoms. The summed E-state index contributed by atoms with van der Waals surface area (Å²) in [4.78, 5) is 13.7. The molecular weight excluding hydrogens is 338 g/mol. The molecular formula is C19H21NO6. The molecule has 0 fully saturated rings. The molecule has 0 saturated carbocycles. The van der Waals surface area contributed by atoms with Crippen molar-refractivity contribution in [3.63, 3.8) is 0 Å². The highest BCUT2D eigenvalue weighted by Crippen LogP contribution is 2.32. The number of aromatic hydroxyl groups is 1. The number of amides is 1. The molecule has 2 aromatic rings. The van der Waals surface area contributed by atoms with E-state index in [1.165, 1.54) is 11.0 Å². The van der Waals surface area contributed by atoms with E-state index in [2.05, 4.69) is 0 Å². The maximum atomic E-state index is 12.2. The Morgan fingerprint density at radius 1 is 1.08 bits per heavy atom. The van der Waals surface area contributed by atoms with Gasteiger partial charge in [-0.05, 0) is 36.4 Å². The standard InChI is InChI=1S/C19H21NO6/c1-23-8-9-24-10-11-25-17-6-3-15(4-7-17)20-13-14-2-5-16(21)12-18(14)26-19(20)22/h2-7,12,21H,8-11,13H2,1H3. The van der Waals surface area contributed by atoms with Gasteiger partial charge in [-0.1, -0.05) is 0 Å². The highest BCUT2D eigenvalue weighted by molar-refractivity contribution is 5.91. The third-order valence-corrected chi connectivity index (χ3v) is 3.87. The molecule has 1 N–H and O–H groups in total. The Morgan fingerprint density at radius 3 is 2.62 bits per heavy atom. The second kappa shape index (κ2) is 8.55. The lowest BCUT2D eigenvalue weighted by atomic mass is 10.1. The number of anilines is 1. The zero-order valence-corrected chi connectivity index (χ0v) is 14.5. The molecule has 1 amide bonds. The van der Waals surface area contributed by atoms with Gasteiger partial charge >= 0.3 is 6.09 Å². The van der Waals surface area contributed by atoms with E-state index in [9.17, 15) is 9.90 Å². The van der Waals surface area contributed by atoms with Crippen molar-refractivity contribution >= 4 is 11.8 Å². The minimum Gasteiger partial charge on any atom is -0.508 e. The predicted molar refractivity (Wildman–Crippen MR) is 94.9 cm³/mol. The molecule has 1 aliphatic rings. The van der Waals surface area contributed by atoms with Crippen LogP contribution < -0.4 is 14.4 Å². The zero-order valence-electron chi connectivity index (χ0n) is 14.5. The molecule has 0 saturated heterocycles. The Hall–Kier alpha value is -2.77. The summed E-state index contributed by atoms with van der Waals surface area (Å²) in [6.45, 7) is 2.39. The van der Waals surface area contributed by atoms with Gasteiger partial charge in [-0.3, -0.25) is 4.90 Å². The maximum Gasteiger partial charge on any atom is 0.420 e. The average Bonchev–Trinajstić information content (AvgIpc) is 2.64. The SMILES string of the molecule is COCCOCCOc1ccc(N2Cc3ccc(O)cc3OC2=O)cc1. The van der Waals surface area contributed by atoms with Gasteiger partial charge in [0.2, 0.25) is 0 Å². The fourth-order valence-electron chi connectivity index (χ4n) is 2.53. The van der Waals surface area contributed by atoms with Crippen LogP contribution in [0.3, 0.4) is 0 Å². The lowest BCUT2D eigenvalue weighted by molar-refractivity contribution is 0.0544. The van der Waals surface area contributed by atoms with Gasteiger partial charge in [-0.2, -0.15) is 0 Å². The number of rotatable bonds is 8. The first kappa shape index (κ1) is 18.0. The van der Waals surface area contributed by atoms with Crippen LogP contribution in [-0.2, 0) is 16.0 Å². The molecule has 0 atom stereocenters. The highest BCUT2D eigenvalue weighted by Gasteiger charge is 2.26. The molecule has 0 aromatic heterocycles. The van der Waals surface area contributed by atoms with Gasteiger partial charge < -0.3 is 24.1 Å². The third-order valence-electron chi connectivity index (χ3n) is 3.87. The van der Waals surface area contributed by atoms with Crippen LogP contribution in [0.2, 0.25) is 0 Å². The Kier molecular flexibility index (Phi) is 5.93. The van der Waals surface area contributed by atoms with E-state index in [-0.39, 0.29) is 5.75 Å². The summed E-state index contributed by atoms with van der Waals surface area (Å²) in [5.41, 5.74) is 1.54. The van der Waals surface area contributed by atoms with E-state index >= 15 is 0 Å². The van der Waals surface area contributed by atoms with Gasteiger partial charge in [0.05, 0.1) is 26.4 Å². The molecule has 138 valence electrons. The van der Waals surface area contributed by atoms with E-state index in [4.69, 9.17) is 18.9 Å². The number of hydrogen-bond donors (Lipinski definition) is 1. The number of phenols is 1. The van der Waals surface area contributed by atoms with E-state index < -0.39 is 6.09 Å². The molecule has 0 spiro atoms. The first-order valence-corrected chi connectivity index (χ1v) is 8.28.